The van der Waals surface area contributed by atoms with Crippen molar-refractivity contribution in [3.63, 3.8) is 0 Å². The molecule has 0 unspecified atom stereocenters. The molecule has 0 bridgehead atoms. The standard InChI is InChI=1S/C29H29N3O5/c1-36-27(34)24-12-9-22(19-25(24)31-28(35)29(13-14-29)32-15-17-37-18-16-32)26(33)30-23-10-7-21(8-11-23)20-5-3-2-4-6-20/h2-12,19H,13-18H2,1H3,(H,30,33)(H,31,35). The monoisotopic (exact) mass is 499 g/mol. The van der Waals surface area contributed by atoms with Gasteiger partial charge in [0, 0.05) is 24.3 Å². The van der Waals surface area contributed by atoms with Gasteiger partial charge in [0.25, 0.3) is 5.91 Å². The largest absolute Gasteiger partial charge is 0.465 e. The number of nitrogens with one attached hydrogen (secondary N) is 2. The van der Waals surface area contributed by atoms with Gasteiger partial charge in [0.15, 0.2) is 0 Å². The molecule has 2 N–H and O–H groups in total. The molecule has 190 valence electrons. The van der Waals surface area contributed by atoms with Crippen molar-refractivity contribution in [2.24, 2.45) is 0 Å². The average Bonchev–Trinajstić information content (AvgIpc) is 3.76. The molecule has 37 heavy (non-hydrogen) atoms. The zero-order valence-corrected chi connectivity index (χ0v) is 20.7. The molecule has 1 saturated carbocycles. The summed E-state index contributed by atoms with van der Waals surface area (Å²) in [6.45, 7) is 2.54. The summed E-state index contributed by atoms with van der Waals surface area (Å²) in [6.07, 6.45) is 1.48. The Kier molecular flexibility index (Phi) is 7.03. The SMILES string of the molecule is COC(=O)c1ccc(C(=O)Nc2ccc(-c3ccccc3)cc2)cc1NC(=O)C1(N2CCOCC2)CC1. The Balaban J connectivity index is 1.34. The third-order valence-corrected chi connectivity index (χ3v) is 6.95. The maximum absolute atomic E-state index is 13.3. The third-order valence-electron chi connectivity index (χ3n) is 6.95. The smallest absolute Gasteiger partial charge is 0.339 e. The molecule has 3 aromatic carbocycles. The van der Waals surface area contributed by atoms with Crippen molar-refractivity contribution in [1.82, 2.24) is 4.90 Å². The summed E-state index contributed by atoms with van der Waals surface area (Å²) in [5.74, 6) is -1.13. The first kappa shape index (κ1) is 24.7. The van der Waals surface area contributed by atoms with Crippen molar-refractivity contribution in [3.8, 4) is 11.1 Å². The molecule has 0 aromatic heterocycles. The molecule has 0 spiro atoms. The minimum absolute atomic E-state index is 0.186. The molecule has 8 heteroatoms. The molecular formula is C29H29N3O5. The number of morpholine rings is 1. The van der Waals surface area contributed by atoms with Crippen LogP contribution in [0.25, 0.3) is 11.1 Å². The normalized spacial score (nSPS) is 16.5. The Morgan fingerprint density at radius 3 is 2.19 bits per heavy atom. The molecule has 0 atom stereocenters. The van der Waals surface area contributed by atoms with Crippen LogP contribution in [0.15, 0.2) is 72.8 Å². The lowest BCUT2D eigenvalue weighted by atomic mass is 10.1. The van der Waals surface area contributed by atoms with Gasteiger partial charge in [0.2, 0.25) is 5.91 Å². The molecule has 8 nitrogen and oxygen atoms in total. The number of nitrogens with zero attached hydrogens (tertiary/aromatic N) is 1. The maximum atomic E-state index is 13.3. The highest BCUT2D eigenvalue weighted by atomic mass is 16.5. The van der Waals surface area contributed by atoms with Crippen molar-refractivity contribution in [3.05, 3.63) is 83.9 Å². The topological polar surface area (TPSA) is 97.0 Å². The predicted molar refractivity (Wildman–Crippen MR) is 141 cm³/mol. The van der Waals surface area contributed by atoms with Crippen LogP contribution in [0.1, 0.15) is 33.6 Å². The van der Waals surface area contributed by atoms with Crippen molar-refractivity contribution < 1.29 is 23.9 Å². The van der Waals surface area contributed by atoms with E-state index < -0.39 is 11.5 Å². The number of anilines is 2. The summed E-state index contributed by atoms with van der Waals surface area (Å²) in [4.78, 5) is 40.9. The van der Waals surface area contributed by atoms with Gasteiger partial charge >= 0.3 is 5.97 Å². The van der Waals surface area contributed by atoms with Gasteiger partial charge in [-0.2, -0.15) is 0 Å². The number of ether oxygens (including phenoxy) is 2. The van der Waals surface area contributed by atoms with E-state index in [0.717, 1.165) is 24.0 Å². The Morgan fingerprint density at radius 1 is 0.865 bits per heavy atom. The number of benzene rings is 3. The molecule has 1 aliphatic carbocycles. The van der Waals surface area contributed by atoms with E-state index in [9.17, 15) is 14.4 Å². The Morgan fingerprint density at radius 2 is 1.54 bits per heavy atom. The Hall–Kier alpha value is -4.01. The predicted octanol–water partition coefficient (Wildman–Crippen LogP) is 4.20. The van der Waals surface area contributed by atoms with E-state index in [2.05, 4.69) is 15.5 Å². The fourth-order valence-electron chi connectivity index (χ4n) is 4.69. The zero-order chi connectivity index (χ0) is 25.8. The minimum atomic E-state index is -0.601. The summed E-state index contributed by atoms with van der Waals surface area (Å²) < 4.78 is 10.3. The molecule has 1 saturated heterocycles. The highest BCUT2D eigenvalue weighted by molar-refractivity contribution is 6.09. The van der Waals surface area contributed by atoms with Crippen molar-refractivity contribution in [2.45, 2.75) is 18.4 Å². The van der Waals surface area contributed by atoms with Crippen molar-refractivity contribution in [2.75, 3.05) is 44.0 Å². The fourth-order valence-corrected chi connectivity index (χ4v) is 4.69. The van der Waals surface area contributed by atoms with Gasteiger partial charge in [-0.3, -0.25) is 14.5 Å². The molecule has 1 aliphatic heterocycles. The van der Waals surface area contributed by atoms with Crippen LogP contribution in [-0.4, -0.2) is 61.6 Å². The van der Waals surface area contributed by atoms with Crippen LogP contribution in [0.4, 0.5) is 11.4 Å². The van der Waals surface area contributed by atoms with Gasteiger partial charge in [-0.25, -0.2) is 4.79 Å². The first-order valence-corrected chi connectivity index (χ1v) is 12.3. The summed E-state index contributed by atoms with van der Waals surface area (Å²) in [7, 11) is 1.28. The number of carbonyl (C=O) groups excluding carboxylic acids is 3. The van der Waals surface area contributed by atoms with Gasteiger partial charge in [-0.1, -0.05) is 42.5 Å². The fraction of sp³-hybridized carbons (Fsp3) is 0.276. The Bertz CT molecular complexity index is 1300. The molecule has 2 amide bonds. The summed E-state index contributed by atoms with van der Waals surface area (Å²) in [6, 6.07) is 22.1. The molecule has 1 heterocycles. The number of amides is 2. The molecule has 3 aromatic rings. The zero-order valence-electron chi connectivity index (χ0n) is 20.7. The van der Waals surface area contributed by atoms with Gasteiger partial charge in [-0.15, -0.1) is 0 Å². The van der Waals surface area contributed by atoms with E-state index in [0.29, 0.717) is 37.6 Å². The second-order valence-electron chi connectivity index (χ2n) is 9.23. The van der Waals surface area contributed by atoms with Crippen LogP contribution in [0.5, 0.6) is 0 Å². The molecular weight excluding hydrogens is 470 g/mol. The van der Waals surface area contributed by atoms with E-state index in [-0.39, 0.29) is 23.1 Å². The highest BCUT2D eigenvalue weighted by Crippen LogP contribution is 2.43. The van der Waals surface area contributed by atoms with Crippen LogP contribution < -0.4 is 10.6 Å². The third kappa shape index (κ3) is 5.26. The number of rotatable bonds is 7. The van der Waals surface area contributed by atoms with Crippen molar-refractivity contribution >= 4 is 29.2 Å². The quantitative estimate of drug-likeness (QED) is 0.473. The van der Waals surface area contributed by atoms with E-state index in [1.165, 1.54) is 19.2 Å². The van der Waals surface area contributed by atoms with E-state index in [4.69, 9.17) is 9.47 Å². The first-order valence-electron chi connectivity index (χ1n) is 12.3. The molecule has 2 aliphatic rings. The lowest BCUT2D eigenvalue weighted by Crippen LogP contribution is -2.51. The van der Waals surface area contributed by atoms with Crippen LogP contribution in [0.3, 0.4) is 0 Å². The van der Waals surface area contributed by atoms with Gasteiger partial charge in [-0.05, 0) is 54.3 Å². The number of hydrogen-bond donors (Lipinski definition) is 2. The number of hydrogen-bond acceptors (Lipinski definition) is 6. The van der Waals surface area contributed by atoms with Crippen LogP contribution in [0.2, 0.25) is 0 Å². The van der Waals surface area contributed by atoms with Crippen LogP contribution in [0, 0.1) is 0 Å². The van der Waals surface area contributed by atoms with E-state index in [1.54, 1.807) is 6.07 Å². The minimum Gasteiger partial charge on any atom is -0.465 e. The lowest BCUT2D eigenvalue weighted by molar-refractivity contribution is -0.124. The highest BCUT2D eigenvalue weighted by Gasteiger charge is 2.54. The summed E-state index contributed by atoms with van der Waals surface area (Å²) >= 11 is 0. The average molecular weight is 500 g/mol. The summed E-state index contributed by atoms with van der Waals surface area (Å²) in [5, 5.41) is 5.79. The van der Waals surface area contributed by atoms with Crippen LogP contribution in [-0.2, 0) is 14.3 Å². The molecule has 2 fully saturated rings. The number of carbonyl (C=O) groups is 3. The second-order valence-corrected chi connectivity index (χ2v) is 9.23. The van der Waals surface area contributed by atoms with Gasteiger partial charge in [0.1, 0.15) is 5.54 Å². The lowest BCUT2D eigenvalue weighted by Gasteiger charge is -2.33. The number of esters is 1. The molecule has 0 radical (unpaired) electrons. The van der Waals surface area contributed by atoms with E-state index >= 15 is 0 Å². The maximum Gasteiger partial charge on any atom is 0.339 e. The number of methoxy groups -OCH3 is 1. The van der Waals surface area contributed by atoms with Crippen molar-refractivity contribution in [1.29, 1.82) is 0 Å². The Labute approximate surface area is 215 Å². The molecule has 5 rings (SSSR count). The summed E-state index contributed by atoms with van der Waals surface area (Å²) in [5.41, 5.74) is 2.92. The van der Waals surface area contributed by atoms with Gasteiger partial charge < -0.3 is 20.1 Å². The van der Waals surface area contributed by atoms with E-state index in [1.807, 2.05) is 54.6 Å². The second kappa shape index (κ2) is 10.5. The van der Waals surface area contributed by atoms with Crippen LogP contribution >= 0.6 is 0 Å². The first-order chi connectivity index (χ1) is 18.0. The van der Waals surface area contributed by atoms with Gasteiger partial charge in [0.05, 0.1) is 31.6 Å².